The third-order valence-electron chi connectivity index (χ3n) is 2.90. The van der Waals surface area contributed by atoms with Gasteiger partial charge in [0, 0.05) is 45.6 Å². The fourth-order valence-corrected chi connectivity index (χ4v) is 1.74. The first kappa shape index (κ1) is 18.2. The maximum Gasteiger partial charge on any atom is 0.212 e. The summed E-state index contributed by atoms with van der Waals surface area (Å²) >= 11 is 0. The zero-order valence-electron chi connectivity index (χ0n) is 14.1. The Hall–Kier alpha value is -1.82. The summed E-state index contributed by atoms with van der Waals surface area (Å²) < 4.78 is 10.6. The molecular formula is C16H28N4O2. The van der Waals surface area contributed by atoms with E-state index in [9.17, 15) is 0 Å². The van der Waals surface area contributed by atoms with Gasteiger partial charge in [0.15, 0.2) is 5.96 Å². The Morgan fingerprint density at radius 3 is 2.73 bits per heavy atom. The van der Waals surface area contributed by atoms with Crippen LogP contribution in [0.4, 0.5) is 0 Å². The Morgan fingerprint density at radius 2 is 2.14 bits per heavy atom. The van der Waals surface area contributed by atoms with E-state index < -0.39 is 0 Å². The third-order valence-corrected chi connectivity index (χ3v) is 2.90. The molecule has 6 nitrogen and oxygen atoms in total. The van der Waals surface area contributed by atoms with Crippen molar-refractivity contribution in [3.05, 3.63) is 23.9 Å². The number of hydrogen-bond acceptors (Lipinski definition) is 4. The Bertz CT molecular complexity index is 432. The highest BCUT2D eigenvalue weighted by molar-refractivity contribution is 5.79. The molecule has 0 aliphatic carbocycles. The summed E-state index contributed by atoms with van der Waals surface area (Å²) in [6.45, 7) is 7.39. The number of aromatic nitrogens is 1. The molecular weight excluding hydrogens is 280 g/mol. The topological polar surface area (TPSA) is 67.8 Å². The van der Waals surface area contributed by atoms with Crippen molar-refractivity contribution >= 4 is 5.96 Å². The van der Waals surface area contributed by atoms with Crippen LogP contribution in [-0.2, 0) is 11.3 Å². The number of guanidine groups is 1. The van der Waals surface area contributed by atoms with Gasteiger partial charge >= 0.3 is 0 Å². The van der Waals surface area contributed by atoms with E-state index in [1.165, 1.54) is 0 Å². The van der Waals surface area contributed by atoms with Gasteiger partial charge in [0.1, 0.15) is 0 Å². The molecule has 1 aromatic rings. The van der Waals surface area contributed by atoms with Gasteiger partial charge in [-0.15, -0.1) is 0 Å². The summed E-state index contributed by atoms with van der Waals surface area (Å²) in [7, 11) is 3.37. The molecule has 1 aromatic heterocycles. The van der Waals surface area contributed by atoms with Crippen LogP contribution in [0.25, 0.3) is 0 Å². The van der Waals surface area contributed by atoms with Gasteiger partial charge < -0.3 is 20.1 Å². The second-order valence-electron chi connectivity index (χ2n) is 5.38. The normalized spacial score (nSPS) is 11.6. The van der Waals surface area contributed by atoms with E-state index in [1.807, 2.05) is 12.1 Å². The second kappa shape index (κ2) is 10.8. The Morgan fingerprint density at radius 1 is 1.32 bits per heavy atom. The van der Waals surface area contributed by atoms with E-state index in [2.05, 4.69) is 34.5 Å². The number of nitrogens with one attached hydrogen (secondary N) is 2. The maximum absolute atomic E-state index is 5.54. The monoisotopic (exact) mass is 308 g/mol. The number of ether oxygens (including phenoxy) is 2. The first-order chi connectivity index (χ1) is 10.7. The molecule has 0 aromatic carbocycles. The van der Waals surface area contributed by atoms with Crippen molar-refractivity contribution in [2.24, 2.45) is 10.9 Å². The number of nitrogens with zero attached hydrogens (tertiary/aromatic N) is 2. The van der Waals surface area contributed by atoms with Crippen LogP contribution >= 0.6 is 0 Å². The summed E-state index contributed by atoms with van der Waals surface area (Å²) in [4.78, 5) is 8.36. The molecule has 2 N–H and O–H groups in total. The van der Waals surface area contributed by atoms with Crippen molar-refractivity contribution in [3.8, 4) is 5.88 Å². The predicted molar refractivity (Wildman–Crippen MR) is 89.3 cm³/mol. The third kappa shape index (κ3) is 7.83. The number of hydrogen-bond donors (Lipinski definition) is 2. The van der Waals surface area contributed by atoms with E-state index >= 15 is 0 Å². The van der Waals surface area contributed by atoms with Crippen LogP contribution in [0.3, 0.4) is 0 Å². The molecule has 6 heteroatoms. The minimum absolute atomic E-state index is 0.584. The van der Waals surface area contributed by atoms with E-state index in [-0.39, 0.29) is 0 Å². The Balaban J connectivity index is 2.19. The molecule has 1 heterocycles. The summed E-state index contributed by atoms with van der Waals surface area (Å²) in [6, 6.07) is 3.82. The molecule has 0 unspecified atom stereocenters. The lowest BCUT2D eigenvalue weighted by Crippen LogP contribution is -2.37. The Labute approximate surface area is 133 Å². The quantitative estimate of drug-likeness (QED) is 0.414. The van der Waals surface area contributed by atoms with Gasteiger partial charge in [-0.05, 0) is 17.9 Å². The fourth-order valence-electron chi connectivity index (χ4n) is 1.74. The molecule has 0 saturated heterocycles. The van der Waals surface area contributed by atoms with Crippen LogP contribution in [0.1, 0.15) is 25.8 Å². The summed E-state index contributed by atoms with van der Waals surface area (Å²) in [5, 5.41) is 6.51. The lowest BCUT2D eigenvalue weighted by molar-refractivity contribution is 0.108. The SMILES string of the molecule is CN=C(NCCCOCC(C)C)NCc1ccc(OC)nc1. The molecule has 124 valence electrons. The van der Waals surface area contributed by atoms with E-state index in [1.54, 1.807) is 20.4 Å². The van der Waals surface area contributed by atoms with Gasteiger partial charge in [0.2, 0.25) is 5.88 Å². The molecule has 0 amide bonds. The lowest BCUT2D eigenvalue weighted by Gasteiger charge is -2.12. The molecule has 0 fully saturated rings. The molecule has 0 bridgehead atoms. The summed E-state index contributed by atoms with van der Waals surface area (Å²) in [5.41, 5.74) is 1.07. The second-order valence-corrected chi connectivity index (χ2v) is 5.38. The summed E-state index contributed by atoms with van der Waals surface area (Å²) in [5.74, 6) is 1.98. The van der Waals surface area contributed by atoms with Crippen molar-refractivity contribution in [2.75, 3.05) is 33.9 Å². The molecule has 0 saturated carbocycles. The van der Waals surface area contributed by atoms with Crippen molar-refractivity contribution in [1.82, 2.24) is 15.6 Å². The predicted octanol–water partition coefficient (Wildman–Crippen LogP) is 1.82. The van der Waals surface area contributed by atoms with E-state index in [0.717, 1.165) is 37.7 Å². The lowest BCUT2D eigenvalue weighted by atomic mass is 10.2. The largest absolute Gasteiger partial charge is 0.481 e. The van der Waals surface area contributed by atoms with Crippen molar-refractivity contribution in [1.29, 1.82) is 0 Å². The molecule has 0 atom stereocenters. The van der Waals surface area contributed by atoms with Crippen LogP contribution in [-0.4, -0.2) is 44.9 Å². The highest BCUT2D eigenvalue weighted by Gasteiger charge is 2.00. The average molecular weight is 308 g/mol. The first-order valence-electron chi connectivity index (χ1n) is 7.67. The van der Waals surface area contributed by atoms with Gasteiger partial charge in [0.05, 0.1) is 7.11 Å². The minimum atomic E-state index is 0.584. The molecule has 1 rings (SSSR count). The summed E-state index contributed by atoms with van der Waals surface area (Å²) in [6.07, 6.45) is 2.75. The number of methoxy groups -OCH3 is 1. The zero-order chi connectivity index (χ0) is 16.2. The van der Waals surface area contributed by atoms with Crippen LogP contribution in [0.5, 0.6) is 5.88 Å². The highest BCUT2D eigenvalue weighted by Crippen LogP contribution is 2.05. The van der Waals surface area contributed by atoms with Crippen LogP contribution in [0, 0.1) is 5.92 Å². The smallest absolute Gasteiger partial charge is 0.212 e. The molecule has 0 aliphatic heterocycles. The molecule has 0 spiro atoms. The fraction of sp³-hybridized carbons (Fsp3) is 0.625. The van der Waals surface area contributed by atoms with Crippen LogP contribution < -0.4 is 15.4 Å². The number of aliphatic imine (C=N–C) groups is 1. The highest BCUT2D eigenvalue weighted by atomic mass is 16.5. The average Bonchev–Trinajstić information content (AvgIpc) is 2.53. The molecule has 0 aliphatic rings. The number of rotatable bonds is 9. The van der Waals surface area contributed by atoms with Gasteiger partial charge in [-0.25, -0.2) is 4.98 Å². The Kier molecular flexibility index (Phi) is 8.98. The number of pyridine rings is 1. The van der Waals surface area contributed by atoms with E-state index in [4.69, 9.17) is 9.47 Å². The van der Waals surface area contributed by atoms with Crippen LogP contribution in [0.2, 0.25) is 0 Å². The van der Waals surface area contributed by atoms with Gasteiger partial charge in [0.25, 0.3) is 0 Å². The van der Waals surface area contributed by atoms with Crippen molar-refractivity contribution < 1.29 is 9.47 Å². The molecule has 0 radical (unpaired) electrons. The minimum Gasteiger partial charge on any atom is -0.481 e. The van der Waals surface area contributed by atoms with Crippen molar-refractivity contribution in [2.45, 2.75) is 26.8 Å². The van der Waals surface area contributed by atoms with Gasteiger partial charge in [-0.3, -0.25) is 4.99 Å². The zero-order valence-corrected chi connectivity index (χ0v) is 14.1. The van der Waals surface area contributed by atoms with Gasteiger partial charge in [-0.1, -0.05) is 19.9 Å². The van der Waals surface area contributed by atoms with Gasteiger partial charge in [-0.2, -0.15) is 0 Å². The van der Waals surface area contributed by atoms with Crippen LogP contribution in [0.15, 0.2) is 23.3 Å². The van der Waals surface area contributed by atoms with E-state index in [0.29, 0.717) is 18.3 Å². The molecule has 22 heavy (non-hydrogen) atoms. The van der Waals surface area contributed by atoms with Crippen molar-refractivity contribution in [3.63, 3.8) is 0 Å². The maximum atomic E-state index is 5.54. The standard InChI is InChI=1S/C16H28N4O2/c1-13(2)12-22-9-5-8-18-16(17-3)20-11-14-6-7-15(21-4)19-10-14/h6-7,10,13H,5,8-9,11-12H2,1-4H3,(H2,17,18,20). The first-order valence-corrected chi connectivity index (χ1v) is 7.67.